The summed E-state index contributed by atoms with van der Waals surface area (Å²) in [6, 6.07) is 4.32. The van der Waals surface area contributed by atoms with Crippen molar-refractivity contribution >= 4 is 23.1 Å². The Kier molecular flexibility index (Phi) is 5.20. The van der Waals surface area contributed by atoms with Crippen LogP contribution in [0.1, 0.15) is 37.5 Å². The van der Waals surface area contributed by atoms with Crippen molar-refractivity contribution in [1.29, 1.82) is 0 Å². The molecule has 3 heteroatoms. The highest BCUT2D eigenvalue weighted by Gasteiger charge is 2.17. The van der Waals surface area contributed by atoms with Gasteiger partial charge in [0.05, 0.1) is 0 Å². The summed E-state index contributed by atoms with van der Waals surface area (Å²) in [5.74, 6) is 0. The zero-order valence-corrected chi connectivity index (χ0v) is 11.6. The van der Waals surface area contributed by atoms with Gasteiger partial charge in [-0.2, -0.15) is 11.8 Å². The number of hydrogen-bond donors (Lipinski definition) is 1. The van der Waals surface area contributed by atoms with Gasteiger partial charge in [0.2, 0.25) is 0 Å². The van der Waals surface area contributed by atoms with E-state index in [2.05, 4.69) is 41.5 Å². The van der Waals surface area contributed by atoms with Gasteiger partial charge >= 0.3 is 0 Å². The number of rotatable bonds is 6. The van der Waals surface area contributed by atoms with Crippen molar-refractivity contribution in [3.8, 4) is 0 Å². The van der Waals surface area contributed by atoms with E-state index in [9.17, 15) is 0 Å². The lowest BCUT2D eigenvalue weighted by molar-refractivity contribution is 0.687. The van der Waals surface area contributed by atoms with Crippen molar-refractivity contribution in [3.63, 3.8) is 0 Å². The molecule has 2 rings (SSSR count). The zero-order chi connectivity index (χ0) is 11.2. The van der Waals surface area contributed by atoms with Gasteiger partial charge in [0.15, 0.2) is 0 Å². The van der Waals surface area contributed by atoms with E-state index >= 15 is 0 Å². The van der Waals surface area contributed by atoms with Crippen molar-refractivity contribution in [2.45, 2.75) is 49.7 Å². The molecule has 1 fully saturated rings. The normalized spacial score (nSPS) is 19.1. The van der Waals surface area contributed by atoms with Gasteiger partial charge in [0, 0.05) is 28.5 Å². The van der Waals surface area contributed by atoms with Crippen LogP contribution < -0.4 is 5.32 Å². The van der Waals surface area contributed by atoms with E-state index in [4.69, 9.17) is 0 Å². The molecule has 1 N–H and O–H groups in total. The lowest BCUT2D eigenvalue weighted by atomic mass is 10.4. The maximum absolute atomic E-state index is 3.55. The second-order valence-electron chi connectivity index (χ2n) is 4.56. The molecule has 1 saturated carbocycles. The van der Waals surface area contributed by atoms with Gasteiger partial charge in [0.25, 0.3) is 0 Å². The first-order chi connectivity index (χ1) is 7.84. The first-order valence-electron chi connectivity index (χ1n) is 6.23. The topological polar surface area (TPSA) is 12.0 Å². The summed E-state index contributed by atoms with van der Waals surface area (Å²) in [5, 5.41) is 7.39. The monoisotopic (exact) mass is 255 g/mol. The first kappa shape index (κ1) is 12.5. The molecule has 0 bridgehead atoms. The molecule has 1 heterocycles. The smallest absolute Gasteiger partial charge is 0.0300 e. The Labute approximate surface area is 107 Å². The molecule has 1 aliphatic carbocycles. The molecular formula is C13H21NS2. The van der Waals surface area contributed by atoms with Gasteiger partial charge in [0.1, 0.15) is 0 Å². The van der Waals surface area contributed by atoms with Crippen molar-refractivity contribution in [3.05, 3.63) is 22.4 Å². The fourth-order valence-electron chi connectivity index (χ4n) is 2.21. The molecule has 1 atom stereocenters. The van der Waals surface area contributed by atoms with Crippen molar-refractivity contribution < 1.29 is 0 Å². The fourth-order valence-corrected chi connectivity index (χ4v) is 4.36. The number of thioether (sulfide) groups is 1. The maximum atomic E-state index is 3.55. The first-order valence-corrected chi connectivity index (χ1v) is 8.05. The van der Waals surface area contributed by atoms with E-state index in [0.29, 0.717) is 0 Å². The number of nitrogens with one attached hydrogen (secondary N) is 1. The third kappa shape index (κ3) is 4.11. The van der Waals surface area contributed by atoms with Crippen molar-refractivity contribution in [2.75, 3.05) is 6.54 Å². The summed E-state index contributed by atoms with van der Waals surface area (Å²) in [7, 11) is 0. The average Bonchev–Trinajstić information content (AvgIpc) is 2.90. The van der Waals surface area contributed by atoms with Crippen LogP contribution in [0.2, 0.25) is 0 Å². The highest BCUT2D eigenvalue weighted by Crippen LogP contribution is 2.31. The zero-order valence-electron chi connectivity index (χ0n) is 9.95. The second kappa shape index (κ2) is 6.67. The van der Waals surface area contributed by atoms with E-state index in [1.165, 1.54) is 30.6 Å². The molecule has 16 heavy (non-hydrogen) atoms. The van der Waals surface area contributed by atoms with Gasteiger partial charge in [-0.1, -0.05) is 25.8 Å². The SMILES string of the molecule is CC(CNCc1cccs1)SC1CCCC1. The Balaban J connectivity index is 1.58. The van der Waals surface area contributed by atoms with Crippen LogP contribution in [0.25, 0.3) is 0 Å². The van der Waals surface area contributed by atoms with Gasteiger partial charge < -0.3 is 5.32 Å². The summed E-state index contributed by atoms with van der Waals surface area (Å²) in [5.41, 5.74) is 0. The highest BCUT2D eigenvalue weighted by atomic mass is 32.2. The molecule has 0 radical (unpaired) electrons. The predicted octanol–water partition coefficient (Wildman–Crippen LogP) is 3.90. The summed E-state index contributed by atoms with van der Waals surface area (Å²) in [6.07, 6.45) is 5.79. The lowest BCUT2D eigenvalue weighted by Crippen LogP contribution is -2.23. The molecule has 0 aromatic carbocycles. The Bertz CT molecular complexity index is 278. The third-order valence-corrected chi connectivity index (χ3v) is 5.40. The second-order valence-corrected chi connectivity index (χ2v) is 7.34. The van der Waals surface area contributed by atoms with Gasteiger partial charge in [-0.05, 0) is 24.3 Å². The Morgan fingerprint density at radius 1 is 1.50 bits per heavy atom. The molecule has 1 unspecified atom stereocenters. The molecule has 0 spiro atoms. The van der Waals surface area contributed by atoms with Crippen LogP contribution in [0.5, 0.6) is 0 Å². The van der Waals surface area contributed by atoms with E-state index in [1.54, 1.807) is 0 Å². The highest BCUT2D eigenvalue weighted by molar-refractivity contribution is 8.00. The summed E-state index contributed by atoms with van der Waals surface area (Å²) >= 11 is 4.02. The van der Waals surface area contributed by atoms with E-state index < -0.39 is 0 Å². The fraction of sp³-hybridized carbons (Fsp3) is 0.692. The predicted molar refractivity (Wildman–Crippen MR) is 75.3 cm³/mol. The minimum Gasteiger partial charge on any atom is -0.311 e. The Morgan fingerprint density at radius 2 is 2.31 bits per heavy atom. The van der Waals surface area contributed by atoms with Crippen LogP contribution >= 0.6 is 23.1 Å². The molecule has 0 aliphatic heterocycles. The lowest BCUT2D eigenvalue weighted by Gasteiger charge is -2.16. The molecular weight excluding hydrogens is 234 g/mol. The average molecular weight is 255 g/mol. The summed E-state index contributed by atoms with van der Waals surface area (Å²) in [6.45, 7) is 4.52. The van der Waals surface area contributed by atoms with Crippen molar-refractivity contribution in [1.82, 2.24) is 5.32 Å². The number of thiophene rings is 1. The minimum atomic E-state index is 0.753. The van der Waals surface area contributed by atoms with Gasteiger partial charge in [-0.25, -0.2) is 0 Å². The van der Waals surface area contributed by atoms with Crippen LogP contribution in [0.3, 0.4) is 0 Å². The molecule has 1 aromatic rings. The third-order valence-electron chi connectivity index (χ3n) is 3.04. The van der Waals surface area contributed by atoms with E-state index in [-0.39, 0.29) is 0 Å². The largest absolute Gasteiger partial charge is 0.311 e. The molecule has 0 amide bonds. The molecule has 1 aromatic heterocycles. The van der Waals surface area contributed by atoms with Crippen LogP contribution in [-0.4, -0.2) is 17.0 Å². The molecule has 1 aliphatic rings. The van der Waals surface area contributed by atoms with E-state index in [0.717, 1.165) is 23.6 Å². The molecule has 90 valence electrons. The molecule has 0 saturated heterocycles. The summed E-state index contributed by atoms with van der Waals surface area (Å²) < 4.78 is 0. The van der Waals surface area contributed by atoms with E-state index in [1.807, 2.05) is 11.3 Å². The minimum absolute atomic E-state index is 0.753. The van der Waals surface area contributed by atoms with Crippen molar-refractivity contribution in [2.24, 2.45) is 0 Å². The maximum Gasteiger partial charge on any atom is 0.0300 e. The Morgan fingerprint density at radius 3 is 3.00 bits per heavy atom. The van der Waals surface area contributed by atoms with Crippen LogP contribution in [0, 0.1) is 0 Å². The summed E-state index contributed by atoms with van der Waals surface area (Å²) in [4.78, 5) is 1.44. The van der Waals surface area contributed by atoms with Crippen LogP contribution in [0.4, 0.5) is 0 Å². The Hall–Kier alpha value is 0.01000. The van der Waals surface area contributed by atoms with Gasteiger partial charge in [-0.15, -0.1) is 11.3 Å². The quantitative estimate of drug-likeness (QED) is 0.827. The van der Waals surface area contributed by atoms with Crippen LogP contribution in [0.15, 0.2) is 17.5 Å². The standard InChI is InChI=1S/C13H21NS2/c1-11(16-12-5-2-3-6-12)9-14-10-13-7-4-8-15-13/h4,7-8,11-12,14H,2-3,5-6,9-10H2,1H3. The van der Waals surface area contributed by atoms with Gasteiger partial charge in [-0.3, -0.25) is 0 Å². The van der Waals surface area contributed by atoms with Crippen LogP contribution in [-0.2, 0) is 6.54 Å². The number of hydrogen-bond acceptors (Lipinski definition) is 3. The molecule has 1 nitrogen and oxygen atoms in total.